The molecule has 22 heavy (non-hydrogen) atoms. The van der Waals surface area contributed by atoms with Crippen molar-refractivity contribution in [2.24, 2.45) is 0 Å². The normalized spacial score (nSPS) is 11.2. The van der Waals surface area contributed by atoms with E-state index in [0.29, 0.717) is 6.54 Å². The van der Waals surface area contributed by atoms with Crippen LogP contribution in [-0.4, -0.2) is 29.8 Å². The van der Waals surface area contributed by atoms with Crippen molar-refractivity contribution >= 4 is 22.7 Å². The molecule has 0 atom stereocenters. The lowest BCUT2D eigenvalue weighted by molar-refractivity contribution is 0.0528. The highest BCUT2D eigenvalue weighted by Crippen LogP contribution is 2.15. The van der Waals surface area contributed by atoms with Crippen LogP contribution in [0.25, 0.3) is 10.9 Å². The molecule has 118 valence electrons. The van der Waals surface area contributed by atoms with Gasteiger partial charge in [0.1, 0.15) is 5.60 Å². The van der Waals surface area contributed by atoms with Crippen LogP contribution in [0, 0.1) is 0 Å². The molecule has 0 bridgehead atoms. The van der Waals surface area contributed by atoms with E-state index in [-0.39, 0.29) is 6.09 Å². The van der Waals surface area contributed by atoms with Crippen LogP contribution in [-0.2, 0) is 4.74 Å². The summed E-state index contributed by atoms with van der Waals surface area (Å²) in [6.45, 7) is 6.88. The molecule has 0 saturated heterocycles. The monoisotopic (exact) mass is 301 g/mol. The van der Waals surface area contributed by atoms with Crippen LogP contribution in [0.15, 0.2) is 36.5 Å². The summed E-state index contributed by atoms with van der Waals surface area (Å²) in [5.74, 6) is 0. The van der Waals surface area contributed by atoms with Gasteiger partial charge in [-0.05, 0) is 39.3 Å². The Morgan fingerprint density at radius 3 is 2.77 bits per heavy atom. The summed E-state index contributed by atoms with van der Waals surface area (Å²) in [6.07, 6.45) is 2.26. The molecule has 1 amide bonds. The minimum Gasteiger partial charge on any atom is -0.444 e. The van der Waals surface area contributed by atoms with Crippen molar-refractivity contribution in [3.8, 4) is 0 Å². The van der Waals surface area contributed by atoms with E-state index < -0.39 is 5.60 Å². The van der Waals surface area contributed by atoms with Crippen molar-refractivity contribution in [1.29, 1.82) is 0 Å². The van der Waals surface area contributed by atoms with Crippen molar-refractivity contribution in [3.05, 3.63) is 36.5 Å². The SMILES string of the molecule is CC(C)(C)OC(=O)NCCCNc1cnc2ccccc2c1. The predicted molar refractivity (Wildman–Crippen MR) is 89.1 cm³/mol. The van der Waals surface area contributed by atoms with E-state index in [2.05, 4.69) is 21.7 Å². The van der Waals surface area contributed by atoms with Gasteiger partial charge in [0.15, 0.2) is 0 Å². The molecule has 0 spiro atoms. The van der Waals surface area contributed by atoms with Crippen molar-refractivity contribution < 1.29 is 9.53 Å². The minimum absolute atomic E-state index is 0.375. The van der Waals surface area contributed by atoms with Gasteiger partial charge in [-0.2, -0.15) is 0 Å². The molecule has 0 radical (unpaired) electrons. The number of hydrogen-bond acceptors (Lipinski definition) is 4. The Morgan fingerprint density at radius 1 is 1.23 bits per heavy atom. The number of para-hydroxylation sites is 1. The number of nitrogens with one attached hydrogen (secondary N) is 2. The number of nitrogens with zero attached hydrogens (tertiary/aromatic N) is 1. The first-order valence-corrected chi connectivity index (χ1v) is 7.49. The molecular weight excluding hydrogens is 278 g/mol. The minimum atomic E-state index is -0.459. The molecule has 2 N–H and O–H groups in total. The second kappa shape index (κ2) is 7.11. The molecule has 1 heterocycles. The first kappa shape index (κ1) is 16.1. The molecule has 0 saturated carbocycles. The van der Waals surface area contributed by atoms with E-state index in [9.17, 15) is 4.79 Å². The van der Waals surface area contributed by atoms with Crippen LogP contribution in [0.5, 0.6) is 0 Å². The Balaban J connectivity index is 1.71. The molecular formula is C17H23N3O2. The maximum atomic E-state index is 11.5. The van der Waals surface area contributed by atoms with Crippen molar-refractivity contribution in [3.63, 3.8) is 0 Å². The number of anilines is 1. The number of benzene rings is 1. The van der Waals surface area contributed by atoms with Crippen LogP contribution in [0.2, 0.25) is 0 Å². The number of ether oxygens (including phenoxy) is 1. The van der Waals surface area contributed by atoms with Gasteiger partial charge in [0.25, 0.3) is 0 Å². The van der Waals surface area contributed by atoms with Crippen LogP contribution in [0.1, 0.15) is 27.2 Å². The van der Waals surface area contributed by atoms with Gasteiger partial charge in [-0.15, -0.1) is 0 Å². The summed E-state index contributed by atoms with van der Waals surface area (Å²) < 4.78 is 5.17. The largest absolute Gasteiger partial charge is 0.444 e. The number of carbonyl (C=O) groups excluding carboxylic acids is 1. The summed E-state index contributed by atoms with van der Waals surface area (Å²) in [4.78, 5) is 15.9. The third-order valence-corrected chi connectivity index (χ3v) is 2.94. The Morgan fingerprint density at radius 2 is 2.00 bits per heavy atom. The summed E-state index contributed by atoms with van der Waals surface area (Å²) in [5, 5.41) is 7.15. The molecule has 0 aliphatic rings. The zero-order valence-electron chi connectivity index (χ0n) is 13.3. The Hall–Kier alpha value is -2.30. The summed E-state index contributed by atoms with van der Waals surface area (Å²) in [5.41, 5.74) is 1.51. The van der Waals surface area contributed by atoms with Crippen molar-refractivity contribution in [1.82, 2.24) is 10.3 Å². The highest BCUT2D eigenvalue weighted by molar-refractivity contribution is 5.81. The van der Waals surface area contributed by atoms with Gasteiger partial charge in [-0.25, -0.2) is 4.79 Å². The Bertz CT molecular complexity index is 635. The fraction of sp³-hybridized carbons (Fsp3) is 0.412. The van der Waals surface area contributed by atoms with Crippen LogP contribution in [0.4, 0.5) is 10.5 Å². The standard InChI is InChI=1S/C17H23N3O2/c1-17(2,3)22-16(21)19-10-6-9-18-14-11-13-7-4-5-8-15(13)20-12-14/h4-5,7-8,11-12,18H,6,9-10H2,1-3H3,(H,19,21). The Labute approximate surface area is 131 Å². The van der Waals surface area contributed by atoms with Gasteiger partial charge in [-0.1, -0.05) is 18.2 Å². The van der Waals surface area contributed by atoms with Crippen molar-refractivity contribution in [2.75, 3.05) is 18.4 Å². The van der Waals surface area contributed by atoms with E-state index in [0.717, 1.165) is 29.6 Å². The lowest BCUT2D eigenvalue weighted by Gasteiger charge is -2.19. The number of alkyl carbamates (subject to hydrolysis) is 1. The molecule has 2 aromatic rings. The highest BCUT2D eigenvalue weighted by atomic mass is 16.6. The van der Waals surface area contributed by atoms with Crippen LogP contribution in [0.3, 0.4) is 0 Å². The summed E-state index contributed by atoms with van der Waals surface area (Å²) in [6, 6.07) is 10.1. The number of amides is 1. The molecule has 1 aromatic heterocycles. The zero-order valence-corrected chi connectivity index (χ0v) is 13.3. The van der Waals surface area contributed by atoms with E-state index in [4.69, 9.17) is 4.74 Å². The second-order valence-corrected chi connectivity index (χ2v) is 6.13. The maximum absolute atomic E-state index is 11.5. The van der Waals surface area contributed by atoms with Gasteiger partial charge in [-0.3, -0.25) is 4.98 Å². The second-order valence-electron chi connectivity index (χ2n) is 6.13. The third-order valence-electron chi connectivity index (χ3n) is 2.94. The highest BCUT2D eigenvalue weighted by Gasteiger charge is 2.15. The topological polar surface area (TPSA) is 63.2 Å². The van der Waals surface area contributed by atoms with Gasteiger partial charge >= 0.3 is 6.09 Å². The number of hydrogen-bond donors (Lipinski definition) is 2. The smallest absolute Gasteiger partial charge is 0.407 e. The zero-order chi connectivity index (χ0) is 16.0. The van der Waals surface area contributed by atoms with E-state index in [1.54, 1.807) is 0 Å². The van der Waals surface area contributed by atoms with Gasteiger partial charge < -0.3 is 15.4 Å². The van der Waals surface area contributed by atoms with Crippen LogP contribution >= 0.6 is 0 Å². The van der Waals surface area contributed by atoms with Crippen molar-refractivity contribution in [2.45, 2.75) is 32.8 Å². The first-order chi connectivity index (χ1) is 10.4. The average molecular weight is 301 g/mol. The molecule has 2 rings (SSSR count). The lowest BCUT2D eigenvalue weighted by atomic mass is 10.2. The third kappa shape index (κ3) is 5.24. The predicted octanol–water partition coefficient (Wildman–Crippen LogP) is 3.56. The Kier molecular flexibility index (Phi) is 5.20. The number of aromatic nitrogens is 1. The van der Waals surface area contributed by atoms with Crippen LogP contribution < -0.4 is 10.6 Å². The van der Waals surface area contributed by atoms with E-state index in [1.165, 1.54) is 0 Å². The molecule has 0 unspecified atom stereocenters. The summed E-state index contributed by atoms with van der Waals surface area (Å²) in [7, 11) is 0. The molecule has 0 fully saturated rings. The molecule has 5 nitrogen and oxygen atoms in total. The maximum Gasteiger partial charge on any atom is 0.407 e. The lowest BCUT2D eigenvalue weighted by Crippen LogP contribution is -2.33. The van der Waals surface area contributed by atoms with E-state index >= 15 is 0 Å². The number of carbonyl (C=O) groups is 1. The van der Waals surface area contributed by atoms with Gasteiger partial charge in [0, 0.05) is 18.5 Å². The average Bonchev–Trinajstić information content (AvgIpc) is 2.45. The molecule has 1 aromatic carbocycles. The fourth-order valence-corrected chi connectivity index (χ4v) is 1.99. The molecule has 0 aliphatic heterocycles. The van der Waals surface area contributed by atoms with Gasteiger partial charge in [0.2, 0.25) is 0 Å². The number of fused-ring (bicyclic) bond motifs is 1. The molecule has 5 heteroatoms. The fourth-order valence-electron chi connectivity index (χ4n) is 1.99. The number of pyridine rings is 1. The van der Waals surface area contributed by atoms with E-state index in [1.807, 2.05) is 51.2 Å². The first-order valence-electron chi connectivity index (χ1n) is 7.49. The quantitative estimate of drug-likeness (QED) is 0.829. The molecule has 0 aliphatic carbocycles. The summed E-state index contributed by atoms with van der Waals surface area (Å²) >= 11 is 0. The van der Waals surface area contributed by atoms with Gasteiger partial charge in [0.05, 0.1) is 17.4 Å². The number of rotatable bonds is 5.